The molecule has 1 amide bonds. The Morgan fingerprint density at radius 1 is 1.05 bits per heavy atom. The molecule has 3 heteroatoms. The van der Waals surface area contributed by atoms with Crippen molar-refractivity contribution in [2.24, 2.45) is 0 Å². The van der Waals surface area contributed by atoms with E-state index in [2.05, 4.69) is 34.9 Å². The Morgan fingerprint density at radius 2 is 1.67 bits per heavy atom. The average molecular weight is 280 g/mol. The molecule has 2 N–H and O–H groups in total. The maximum atomic E-state index is 12.0. The van der Waals surface area contributed by atoms with Gasteiger partial charge in [-0.1, -0.05) is 42.0 Å². The van der Waals surface area contributed by atoms with E-state index in [9.17, 15) is 4.79 Å². The van der Waals surface area contributed by atoms with Gasteiger partial charge >= 0.3 is 0 Å². The summed E-state index contributed by atoms with van der Waals surface area (Å²) in [6.45, 7) is 2.39. The molecule has 0 heterocycles. The minimum absolute atomic E-state index is 0.00908. The van der Waals surface area contributed by atoms with Gasteiger partial charge in [0.1, 0.15) is 0 Å². The lowest BCUT2D eigenvalue weighted by atomic mass is 10.1. The minimum atomic E-state index is 0.00908. The molecule has 0 aliphatic heterocycles. The fourth-order valence-corrected chi connectivity index (χ4v) is 2.78. The van der Waals surface area contributed by atoms with Crippen molar-refractivity contribution in [2.45, 2.75) is 25.8 Å². The van der Waals surface area contributed by atoms with Gasteiger partial charge in [0.15, 0.2) is 0 Å². The lowest BCUT2D eigenvalue weighted by Gasteiger charge is -2.12. The Kier molecular flexibility index (Phi) is 4.02. The lowest BCUT2D eigenvalue weighted by molar-refractivity contribution is -0.115. The molecule has 0 atom stereocenters. The van der Waals surface area contributed by atoms with E-state index in [4.69, 9.17) is 0 Å². The first-order valence-corrected chi connectivity index (χ1v) is 7.37. The number of anilines is 1. The van der Waals surface area contributed by atoms with Crippen molar-refractivity contribution in [3.63, 3.8) is 0 Å². The maximum absolute atomic E-state index is 12.0. The SMILES string of the molecule is Cc1ccc(NC(=O)CNC2Cc3ccccc3C2)cc1. The van der Waals surface area contributed by atoms with Gasteiger partial charge in [0, 0.05) is 11.7 Å². The molecule has 3 rings (SSSR count). The Balaban J connectivity index is 1.48. The first-order valence-electron chi connectivity index (χ1n) is 7.37. The third-order valence-corrected chi connectivity index (χ3v) is 3.94. The number of amides is 1. The van der Waals surface area contributed by atoms with Crippen LogP contribution < -0.4 is 10.6 Å². The van der Waals surface area contributed by atoms with Crippen molar-refractivity contribution >= 4 is 11.6 Å². The topological polar surface area (TPSA) is 41.1 Å². The number of aryl methyl sites for hydroxylation is 1. The van der Waals surface area contributed by atoms with E-state index < -0.39 is 0 Å². The molecule has 0 fully saturated rings. The molecule has 0 aromatic heterocycles. The number of rotatable bonds is 4. The molecule has 0 saturated carbocycles. The van der Waals surface area contributed by atoms with Crippen LogP contribution in [0.15, 0.2) is 48.5 Å². The molecule has 0 spiro atoms. The number of carbonyl (C=O) groups excluding carboxylic acids is 1. The summed E-state index contributed by atoms with van der Waals surface area (Å²) in [7, 11) is 0. The van der Waals surface area contributed by atoms with Crippen LogP contribution in [0.3, 0.4) is 0 Å². The predicted molar refractivity (Wildman–Crippen MR) is 85.4 cm³/mol. The molecule has 21 heavy (non-hydrogen) atoms. The first kappa shape index (κ1) is 13.8. The molecule has 0 radical (unpaired) electrons. The van der Waals surface area contributed by atoms with Crippen LogP contribution in [0.5, 0.6) is 0 Å². The number of hydrogen-bond acceptors (Lipinski definition) is 2. The third kappa shape index (κ3) is 3.50. The normalized spacial score (nSPS) is 14.0. The smallest absolute Gasteiger partial charge is 0.238 e. The van der Waals surface area contributed by atoms with E-state index in [1.54, 1.807) is 0 Å². The van der Waals surface area contributed by atoms with Crippen LogP contribution in [0.1, 0.15) is 16.7 Å². The molecule has 1 aliphatic rings. The van der Waals surface area contributed by atoms with Gasteiger partial charge in [0.05, 0.1) is 6.54 Å². The van der Waals surface area contributed by atoms with Gasteiger partial charge in [0.2, 0.25) is 5.91 Å². The highest BCUT2D eigenvalue weighted by molar-refractivity contribution is 5.92. The molecule has 3 nitrogen and oxygen atoms in total. The summed E-state index contributed by atoms with van der Waals surface area (Å²) in [6, 6.07) is 16.7. The first-order chi connectivity index (χ1) is 10.2. The zero-order valence-electron chi connectivity index (χ0n) is 12.2. The molecule has 0 saturated heterocycles. The van der Waals surface area contributed by atoms with Crippen molar-refractivity contribution < 1.29 is 4.79 Å². The lowest BCUT2D eigenvalue weighted by Crippen LogP contribution is -2.36. The van der Waals surface area contributed by atoms with Crippen LogP contribution in [-0.2, 0) is 17.6 Å². The zero-order valence-corrected chi connectivity index (χ0v) is 12.2. The van der Waals surface area contributed by atoms with Crippen LogP contribution in [0, 0.1) is 6.92 Å². The Hall–Kier alpha value is -2.13. The van der Waals surface area contributed by atoms with Crippen molar-refractivity contribution in [3.8, 4) is 0 Å². The third-order valence-electron chi connectivity index (χ3n) is 3.94. The Bertz CT molecular complexity index is 609. The monoisotopic (exact) mass is 280 g/mol. The fraction of sp³-hybridized carbons (Fsp3) is 0.278. The van der Waals surface area contributed by atoms with Crippen molar-refractivity contribution in [1.29, 1.82) is 0 Å². The summed E-state index contributed by atoms with van der Waals surface area (Å²) in [5.41, 5.74) is 4.83. The number of nitrogens with one attached hydrogen (secondary N) is 2. The summed E-state index contributed by atoms with van der Waals surface area (Å²) in [4.78, 5) is 12.0. The summed E-state index contributed by atoms with van der Waals surface area (Å²) in [5.74, 6) is 0.00908. The highest BCUT2D eigenvalue weighted by Gasteiger charge is 2.20. The second-order valence-corrected chi connectivity index (χ2v) is 5.67. The van der Waals surface area contributed by atoms with Crippen LogP contribution in [-0.4, -0.2) is 18.5 Å². The summed E-state index contributed by atoms with van der Waals surface area (Å²) in [6.07, 6.45) is 2.02. The van der Waals surface area contributed by atoms with E-state index in [1.165, 1.54) is 16.7 Å². The highest BCUT2D eigenvalue weighted by atomic mass is 16.1. The van der Waals surface area contributed by atoms with Crippen LogP contribution >= 0.6 is 0 Å². The standard InChI is InChI=1S/C18H20N2O/c1-13-6-8-16(9-7-13)20-18(21)12-19-17-10-14-4-2-3-5-15(14)11-17/h2-9,17,19H,10-12H2,1H3,(H,20,21). The van der Waals surface area contributed by atoms with Gasteiger partial charge < -0.3 is 10.6 Å². The van der Waals surface area contributed by atoms with Crippen LogP contribution in [0.4, 0.5) is 5.69 Å². The summed E-state index contributed by atoms with van der Waals surface area (Å²) >= 11 is 0. The van der Waals surface area contributed by atoms with E-state index >= 15 is 0 Å². The van der Waals surface area contributed by atoms with Crippen molar-refractivity contribution in [1.82, 2.24) is 5.32 Å². The zero-order chi connectivity index (χ0) is 14.7. The highest BCUT2D eigenvalue weighted by Crippen LogP contribution is 2.21. The van der Waals surface area contributed by atoms with Crippen LogP contribution in [0.2, 0.25) is 0 Å². The van der Waals surface area contributed by atoms with E-state index in [-0.39, 0.29) is 5.91 Å². The summed E-state index contributed by atoms with van der Waals surface area (Å²) in [5, 5.41) is 6.26. The number of benzene rings is 2. The number of carbonyl (C=O) groups is 1. The van der Waals surface area contributed by atoms with Crippen molar-refractivity contribution in [2.75, 3.05) is 11.9 Å². The van der Waals surface area contributed by atoms with E-state index in [0.717, 1.165) is 18.5 Å². The summed E-state index contributed by atoms with van der Waals surface area (Å²) < 4.78 is 0. The maximum Gasteiger partial charge on any atom is 0.238 e. The van der Waals surface area contributed by atoms with Gasteiger partial charge in [-0.05, 0) is 43.0 Å². The second-order valence-electron chi connectivity index (χ2n) is 5.67. The molecule has 0 unspecified atom stereocenters. The number of fused-ring (bicyclic) bond motifs is 1. The van der Waals surface area contributed by atoms with Crippen LogP contribution in [0.25, 0.3) is 0 Å². The largest absolute Gasteiger partial charge is 0.325 e. The molecule has 2 aromatic rings. The fourth-order valence-electron chi connectivity index (χ4n) is 2.78. The van der Waals surface area contributed by atoms with Gasteiger partial charge in [0.25, 0.3) is 0 Å². The minimum Gasteiger partial charge on any atom is -0.325 e. The predicted octanol–water partition coefficient (Wildman–Crippen LogP) is 2.69. The Morgan fingerprint density at radius 3 is 2.29 bits per heavy atom. The van der Waals surface area contributed by atoms with Gasteiger partial charge in [-0.15, -0.1) is 0 Å². The van der Waals surface area contributed by atoms with Gasteiger partial charge in [-0.25, -0.2) is 0 Å². The van der Waals surface area contributed by atoms with Gasteiger partial charge in [-0.2, -0.15) is 0 Å². The van der Waals surface area contributed by atoms with Crippen molar-refractivity contribution in [3.05, 3.63) is 65.2 Å². The molecule has 0 bridgehead atoms. The quantitative estimate of drug-likeness (QED) is 0.904. The molecule has 108 valence electrons. The molecular weight excluding hydrogens is 260 g/mol. The molecule has 1 aliphatic carbocycles. The van der Waals surface area contributed by atoms with E-state index in [0.29, 0.717) is 12.6 Å². The van der Waals surface area contributed by atoms with E-state index in [1.807, 2.05) is 31.2 Å². The average Bonchev–Trinajstić information content (AvgIpc) is 2.90. The Labute approximate surface area is 125 Å². The number of hydrogen-bond donors (Lipinski definition) is 2. The molecular formula is C18H20N2O. The van der Waals surface area contributed by atoms with Gasteiger partial charge in [-0.3, -0.25) is 4.79 Å². The second kappa shape index (κ2) is 6.10. The molecule has 2 aromatic carbocycles.